The molecule has 0 aromatic carbocycles. The van der Waals surface area contributed by atoms with E-state index in [0.29, 0.717) is 12.3 Å². The summed E-state index contributed by atoms with van der Waals surface area (Å²) in [5.74, 6) is 0.353. The van der Waals surface area contributed by atoms with Crippen LogP contribution >= 0.6 is 11.8 Å². The first-order valence-corrected chi connectivity index (χ1v) is 4.84. The summed E-state index contributed by atoms with van der Waals surface area (Å²) in [4.78, 5) is 21.4. The number of carbonyl (C=O) groups is 2. The van der Waals surface area contributed by atoms with Crippen LogP contribution < -0.4 is 11.1 Å². The van der Waals surface area contributed by atoms with Gasteiger partial charge in [-0.2, -0.15) is 0 Å². The first-order valence-electron chi connectivity index (χ1n) is 3.85. The van der Waals surface area contributed by atoms with E-state index < -0.39 is 6.04 Å². The van der Waals surface area contributed by atoms with E-state index in [1.807, 2.05) is 0 Å². The molecule has 0 aromatic rings. The van der Waals surface area contributed by atoms with Crippen LogP contribution in [-0.2, 0) is 9.59 Å². The molecule has 4 N–H and O–H groups in total. The molecule has 0 saturated heterocycles. The van der Waals surface area contributed by atoms with E-state index in [1.165, 1.54) is 6.92 Å². The van der Waals surface area contributed by atoms with Crippen molar-refractivity contribution in [2.24, 2.45) is 5.73 Å². The van der Waals surface area contributed by atoms with Crippen molar-refractivity contribution in [1.29, 1.82) is 0 Å². The van der Waals surface area contributed by atoms with Gasteiger partial charge in [0.05, 0.1) is 12.6 Å². The standard InChI is InChI=1S/C7H14N2O3S/c1-5(11)9-2-3-13-7(12)6(8)4-10/h6,10H,2-4,8H2,1H3,(H,9,11)/t6-/m0/s1. The lowest BCUT2D eigenvalue weighted by Crippen LogP contribution is -2.33. The summed E-state index contributed by atoms with van der Waals surface area (Å²) in [7, 11) is 0. The van der Waals surface area contributed by atoms with E-state index in [0.717, 1.165) is 11.8 Å². The molecule has 0 saturated carbocycles. The van der Waals surface area contributed by atoms with Crippen molar-refractivity contribution < 1.29 is 14.7 Å². The second-order valence-corrected chi connectivity index (χ2v) is 3.54. The van der Waals surface area contributed by atoms with Gasteiger partial charge in [0.1, 0.15) is 0 Å². The highest BCUT2D eigenvalue weighted by Crippen LogP contribution is 2.02. The summed E-state index contributed by atoms with van der Waals surface area (Å²) in [6.45, 7) is 1.50. The van der Waals surface area contributed by atoms with E-state index in [9.17, 15) is 9.59 Å². The van der Waals surface area contributed by atoms with Crippen LogP contribution in [0, 0.1) is 0 Å². The lowest BCUT2D eigenvalue weighted by Gasteiger charge is -2.05. The largest absolute Gasteiger partial charge is 0.394 e. The van der Waals surface area contributed by atoms with Crippen molar-refractivity contribution in [3.05, 3.63) is 0 Å². The van der Waals surface area contributed by atoms with Crippen molar-refractivity contribution >= 4 is 22.8 Å². The van der Waals surface area contributed by atoms with Gasteiger partial charge in [0.2, 0.25) is 11.0 Å². The fraction of sp³-hybridized carbons (Fsp3) is 0.714. The highest BCUT2D eigenvalue weighted by molar-refractivity contribution is 8.13. The molecule has 76 valence electrons. The summed E-state index contributed by atoms with van der Waals surface area (Å²) in [5, 5.41) is 10.8. The number of carbonyl (C=O) groups excluding carboxylic acids is 2. The van der Waals surface area contributed by atoms with Crippen LogP contribution in [0.25, 0.3) is 0 Å². The molecule has 13 heavy (non-hydrogen) atoms. The van der Waals surface area contributed by atoms with E-state index in [4.69, 9.17) is 10.8 Å². The first-order chi connectivity index (χ1) is 6.07. The Morgan fingerprint density at radius 2 is 2.23 bits per heavy atom. The van der Waals surface area contributed by atoms with Crippen molar-refractivity contribution in [1.82, 2.24) is 5.32 Å². The van der Waals surface area contributed by atoms with Gasteiger partial charge in [0.25, 0.3) is 0 Å². The number of hydrogen-bond donors (Lipinski definition) is 3. The maximum Gasteiger partial charge on any atom is 0.216 e. The van der Waals surface area contributed by atoms with Gasteiger partial charge in [-0.1, -0.05) is 11.8 Å². The molecule has 0 fully saturated rings. The quantitative estimate of drug-likeness (QED) is 0.486. The number of aliphatic hydroxyl groups excluding tert-OH is 1. The third-order valence-electron chi connectivity index (χ3n) is 1.22. The smallest absolute Gasteiger partial charge is 0.216 e. The number of rotatable bonds is 5. The molecular weight excluding hydrogens is 192 g/mol. The SMILES string of the molecule is CC(=O)NCCSC(=O)[C@@H](N)CO. The average Bonchev–Trinajstić information content (AvgIpc) is 2.10. The van der Waals surface area contributed by atoms with Gasteiger partial charge in [0, 0.05) is 19.2 Å². The van der Waals surface area contributed by atoms with E-state index in [-0.39, 0.29) is 17.6 Å². The van der Waals surface area contributed by atoms with Crippen molar-refractivity contribution in [2.75, 3.05) is 18.9 Å². The molecule has 0 aliphatic carbocycles. The van der Waals surface area contributed by atoms with Gasteiger partial charge in [0.15, 0.2) is 0 Å². The molecule has 0 aromatic heterocycles. The summed E-state index contributed by atoms with van der Waals surface area (Å²) in [6, 6.07) is -0.817. The fourth-order valence-electron chi connectivity index (χ4n) is 0.560. The van der Waals surface area contributed by atoms with Crippen LogP contribution in [0.3, 0.4) is 0 Å². The van der Waals surface area contributed by atoms with Gasteiger partial charge < -0.3 is 16.2 Å². The average molecular weight is 206 g/mol. The third-order valence-corrected chi connectivity index (χ3v) is 2.22. The molecule has 0 unspecified atom stereocenters. The van der Waals surface area contributed by atoms with E-state index in [2.05, 4.69) is 5.32 Å². The maximum atomic E-state index is 11.0. The second kappa shape index (κ2) is 6.88. The summed E-state index contributed by atoms with van der Waals surface area (Å²) >= 11 is 1.01. The lowest BCUT2D eigenvalue weighted by molar-refractivity contribution is -0.119. The molecule has 1 atom stereocenters. The van der Waals surface area contributed by atoms with Gasteiger partial charge in [-0.05, 0) is 0 Å². The van der Waals surface area contributed by atoms with Crippen molar-refractivity contribution in [3.63, 3.8) is 0 Å². The summed E-state index contributed by atoms with van der Waals surface area (Å²) in [6.07, 6.45) is 0. The van der Waals surface area contributed by atoms with Gasteiger partial charge in [-0.15, -0.1) is 0 Å². The number of thioether (sulfide) groups is 1. The minimum absolute atomic E-state index is 0.125. The number of amides is 1. The molecule has 6 heteroatoms. The molecule has 0 spiro atoms. The monoisotopic (exact) mass is 206 g/mol. The lowest BCUT2D eigenvalue weighted by atomic mass is 10.4. The van der Waals surface area contributed by atoms with E-state index in [1.54, 1.807) is 0 Å². The van der Waals surface area contributed by atoms with Crippen LogP contribution in [0.5, 0.6) is 0 Å². The first kappa shape index (κ1) is 12.4. The minimum Gasteiger partial charge on any atom is -0.394 e. The molecule has 1 amide bonds. The predicted octanol–water partition coefficient (Wildman–Crippen LogP) is -1.30. The minimum atomic E-state index is -0.817. The van der Waals surface area contributed by atoms with Crippen molar-refractivity contribution in [3.8, 4) is 0 Å². The Hall–Kier alpha value is -0.590. The molecule has 0 rings (SSSR count). The molecule has 0 radical (unpaired) electrons. The Bertz CT molecular complexity index is 187. The zero-order valence-electron chi connectivity index (χ0n) is 7.45. The Labute approximate surface area is 81.1 Å². The summed E-state index contributed by atoms with van der Waals surface area (Å²) in [5.41, 5.74) is 5.25. The van der Waals surface area contributed by atoms with Crippen LogP contribution in [0.2, 0.25) is 0 Å². The highest BCUT2D eigenvalue weighted by atomic mass is 32.2. The molecule has 0 bridgehead atoms. The van der Waals surface area contributed by atoms with Crippen LogP contribution in [0.15, 0.2) is 0 Å². The third kappa shape index (κ3) is 6.56. The normalized spacial score (nSPS) is 12.2. The van der Waals surface area contributed by atoms with E-state index >= 15 is 0 Å². The second-order valence-electron chi connectivity index (χ2n) is 2.44. The predicted molar refractivity (Wildman–Crippen MR) is 51.2 cm³/mol. The zero-order chi connectivity index (χ0) is 10.3. The van der Waals surface area contributed by atoms with Crippen LogP contribution in [0.1, 0.15) is 6.92 Å². The number of nitrogens with two attached hydrogens (primary N) is 1. The summed E-state index contributed by atoms with van der Waals surface area (Å²) < 4.78 is 0. The Morgan fingerprint density at radius 1 is 1.62 bits per heavy atom. The molecule has 0 aliphatic rings. The molecule has 0 aliphatic heterocycles. The zero-order valence-corrected chi connectivity index (χ0v) is 8.26. The van der Waals surface area contributed by atoms with Gasteiger partial charge in [-0.25, -0.2) is 0 Å². The Kier molecular flexibility index (Phi) is 6.56. The topological polar surface area (TPSA) is 92.4 Å². The van der Waals surface area contributed by atoms with Gasteiger partial charge >= 0.3 is 0 Å². The Morgan fingerprint density at radius 3 is 2.69 bits per heavy atom. The number of hydrogen-bond acceptors (Lipinski definition) is 5. The maximum absolute atomic E-state index is 11.0. The van der Waals surface area contributed by atoms with Crippen LogP contribution in [0.4, 0.5) is 0 Å². The Balaban J connectivity index is 3.42. The molecule has 0 heterocycles. The number of aliphatic hydroxyl groups is 1. The molecular formula is C7H14N2O3S. The molecule has 5 nitrogen and oxygen atoms in total. The number of nitrogens with one attached hydrogen (secondary N) is 1. The fourth-order valence-corrected chi connectivity index (χ4v) is 1.25. The van der Waals surface area contributed by atoms with Crippen LogP contribution in [-0.4, -0.2) is 41.1 Å². The van der Waals surface area contributed by atoms with Gasteiger partial charge in [-0.3, -0.25) is 9.59 Å². The highest BCUT2D eigenvalue weighted by Gasteiger charge is 2.11. The van der Waals surface area contributed by atoms with Crippen molar-refractivity contribution in [2.45, 2.75) is 13.0 Å².